The van der Waals surface area contributed by atoms with Crippen molar-refractivity contribution < 1.29 is 0 Å². The lowest BCUT2D eigenvalue weighted by atomic mass is 10.0. The summed E-state index contributed by atoms with van der Waals surface area (Å²) in [6, 6.07) is 4.42. The van der Waals surface area contributed by atoms with Crippen LogP contribution in [0, 0.1) is 32.2 Å². The molecule has 0 nitrogen and oxygen atoms in total. The van der Waals surface area contributed by atoms with Crippen molar-refractivity contribution in [2.75, 3.05) is 0 Å². The fourth-order valence-corrected chi connectivity index (χ4v) is 3.48. The van der Waals surface area contributed by atoms with Gasteiger partial charge in [-0.3, -0.25) is 0 Å². The zero-order valence-electron chi connectivity index (χ0n) is 9.56. The van der Waals surface area contributed by atoms with Crippen molar-refractivity contribution in [1.82, 2.24) is 0 Å². The van der Waals surface area contributed by atoms with Crippen LogP contribution in [-0.2, 0) is 0 Å². The maximum Gasteiger partial charge on any atom is 0.0911 e. The maximum absolute atomic E-state index is 3.24. The third-order valence-corrected chi connectivity index (χ3v) is 4.29. The highest BCUT2D eigenvalue weighted by molar-refractivity contribution is 7.19. The second-order valence-corrected chi connectivity index (χ2v) is 5.36. The Morgan fingerprint density at radius 3 is 2.53 bits per heavy atom. The first-order valence-electron chi connectivity index (χ1n) is 5.07. The number of thiophene rings is 1. The molecular formula is C13H14SSi. The standard InChI is InChI=1S/C13H14SSi/c1-8-4-5-12-13(9(8)2)10(3)11(14-12)6-7-15/h4-5H,1-3,15H3. The van der Waals surface area contributed by atoms with Crippen molar-refractivity contribution in [2.45, 2.75) is 20.8 Å². The van der Waals surface area contributed by atoms with Crippen LogP contribution in [0.4, 0.5) is 0 Å². The Labute approximate surface area is 97.7 Å². The van der Waals surface area contributed by atoms with E-state index in [1.54, 1.807) is 0 Å². The zero-order valence-corrected chi connectivity index (χ0v) is 12.4. The molecule has 1 heterocycles. The molecule has 76 valence electrons. The van der Waals surface area contributed by atoms with Crippen LogP contribution in [0.5, 0.6) is 0 Å². The van der Waals surface area contributed by atoms with Crippen LogP contribution in [0.15, 0.2) is 12.1 Å². The summed E-state index contributed by atoms with van der Waals surface area (Å²) in [4.78, 5) is 1.24. The third kappa shape index (κ3) is 1.62. The molecule has 2 aromatic rings. The van der Waals surface area contributed by atoms with Crippen LogP contribution >= 0.6 is 11.3 Å². The van der Waals surface area contributed by atoms with E-state index >= 15 is 0 Å². The van der Waals surface area contributed by atoms with Gasteiger partial charge in [-0.15, -0.1) is 16.9 Å². The van der Waals surface area contributed by atoms with Crippen molar-refractivity contribution in [1.29, 1.82) is 0 Å². The van der Waals surface area contributed by atoms with Crippen molar-refractivity contribution in [3.63, 3.8) is 0 Å². The summed E-state index contributed by atoms with van der Waals surface area (Å²) in [6.45, 7) is 6.56. The molecule has 0 spiro atoms. The monoisotopic (exact) mass is 230 g/mol. The molecule has 0 saturated heterocycles. The summed E-state index contributed by atoms with van der Waals surface area (Å²) < 4.78 is 1.37. The number of hydrogen-bond donors (Lipinski definition) is 0. The SMILES string of the molecule is Cc1ccc2sc(C#C[SiH3])c(C)c2c1C. The average molecular weight is 230 g/mol. The predicted octanol–water partition coefficient (Wildman–Crippen LogP) is 2.50. The summed E-state index contributed by atoms with van der Waals surface area (Å²) in [5.41, 5.74) is 7.25. The minimum Gasteiger partial charge on any atom is -0.138 e. The van der Waals surface area contributed by atoms with Gasteiger partial charge in [-0.05, 0) is 48.9 Å². The van der Waals surface area contributed by atoms with Crippen LogP contribution in [0.1, 0.15) is 21.6 Å². The second-order valence-electron chi connectivity index (χ2n) is 3.81. The zero-order chi connectivity index (χ0) is 11.0. The number of fused-ring (bicyclic) bond motifs is 1. The van der Waals surface area contributed by atoms with Crippen molar-refractivity contribution in [3.05, 3.63) is 33.7 Å². The van der Waals surface area contributed by atoms with Gasteiger partial charge in [-0.2, -0.15) is 0 Å². The summed E-state index contributed by atoms with van der Waals surface area (Å²) in [5.74, 6) is 3.24. The molecule has 2 rings (SSSR count). The van der Waals surface area contributed by atoms with E-state index < -0.39 is 0 Å². The molecule has 0 unspecified atom stereocenters. The Kier molecular flexibility index (Phi) is 2.68. The molecule has 0 aliphatic heterocycles. The van der Waals surface area contributed by atoms with Gasteiger partial charge >= 0.3 is 0 Å². The van der Waals surface area contributed by atoms with Gasteiger partial charge in [0.15, 0.2) is 0 Å². The molecule has 0 saturated carbocycles. The van der Waals surface area contributed by atoms with Gasteiger partial charge in [0.1, 0.15) is 0 Å². The summed E-state index contributed by atoms with van der Waals surface area (Å²) >= 11 is 1.82. The molecule has 0 amide bonds. The van der Waals surface area contributed by atoms with Gasteiger partial charge in [-0.25, -0.2) is 0 Å². The summed E-state index contributed by atoms with van der Waals surface area (Å²) in [7, 11) is 0.954. The van der Waals surface area contributed by atoms with Crippen LogP contribution < -0.4 is 0 Å². The highest BCUT2D eigenvalue weighted by atomic mass is 32.1. The first kappa shape index (κ1) is 10.5. The largest absolute Gasteiger partial charge is 0.138 e. The van der Waals surface area contributed by atoms with E-state index in [1.165, 1.54) is 31.7 Å². The molecule has 1 aromatic heterocycles. The van der Waals surface area contributed by atoms with Gasteiger partial charge < -0.3 is 0 Å². The van der Waals surface area contributed by atoms with Crippen molar-refractivity contribution >= 4 is 31.7 Å². The topological polar surface area (TPSA) is 0 Å². The van der Waals surface area contributed by atoms with Crippen LogP contribution in [0.3, 0.4) is 0 Å². The normalized spacial score (nSPS) is 10.3. The Morgan fingerprint density at radius 1 is 1.13 bits per heavy atom. The number of rotatable bonds is 0. The average Bonchev–Trinajstić information content (AvgIpc) is 2.52. The smallest absolute Gasteiger partial charge is 0.0911 e. The van der Waals surface area contributed by atoms with Gasteiger partial charge in [0.05, 0.1) is 15.1 Å². The number of aryl methyl sites for hydroxylation is 3. The van der Waals surface area contributed by atoms with E-state index in [0.29, 0.717) is 0 Å². The van der Waals surface area contributed by atoms with Gasteiger partial charge in [0.25, 0.3) is 0 Å². The Morgan fingerprint density at radius 2 is 1.87 bits per heavy atom. The minimum atomic E-state index is 0.954. The van der Waals surface area contributed by atoms with Crippen molar-refractivity contribution in [3.8, 4) is 11.5 Å². The van der Waals surface area contributed by atoms with Gasteiger partial charge in [-0.1, -0.05) is 12.0 Å². The van der Waals surface area contributed by atoms with Crippen LogP contribution in [0.2, 0.25) is 0 Å². The molecule has 0 aliphatic rings. The lowest BCUT2D eigenvalue weighted by Crippen LogP contribution is -1.82. The van der Waals surface area contributed by atoms with Crippen LogP contribution in [-0.4, -0.2) is 10.2 Å². The fraction of sp³-hybridized carbons (Fsp3) is 0.231. The molecular weight excluding hydrogens is 216 g/mol. The predicted molar refractivity (Wildman–Crippen MR) is 72.9 cm³/mol. The molecule has 0 N–H and O–H groups in total. The molecule has 0 fully saturated rings. The maximum atomic E-state index is 3.24. The number of hydrogen-bond acceptors (Lipinski definition) is 1. The van der Waals surface area contributed by atoms with Gasteiger partial charge in [0.2, 0.25) is 0 Å². The second kappa shape index (κ2) is 3.84. The van der Waals surface area contributed by atoms with E-state index in [2.05, 4.69) is 44.4 Å². The lowest BCUT2D eigenvalue weighted by molar-refractivity contribution is 1.37. The first-order valence-corrected chi connectivity index (χ1v) is 6.89. The molecule has 0 atom stereocenters. The molecule has 0 aliphatic carbocycles. The van der Waals surface area contributed by atoms with Gasteiger partial charge in [0, 0.05) is 4.70 Å². The Hall–Kier alpha value is -1.04. The molecule has 0 bridgehead atoms. The number of benzene rings is 1. The highest BCUT2D eigenvalue weighted by Gasteiger charge is 2.09. The van der Waals surface area contributed by atoms with Crippen molar-refractivity contribution in [2.24, 2.45) is 0 Å². The van der Waals surface area contributed by atoms with E-state index in [-0.39, 0.29) is 0 Å². The van der Waals surface area contributed by atoms with E-state index in [1.807, 2.05) is 11.3 Å². The van der Waals surface area contributed by atoms with Crippen LogP contribution in [0.25, 0.3) is 10.1 Å². The summed E-state index contributed by atoms with van der Waals surface area (Å²) in [5, 5.41) is 1.42. The summed E-state index contributed by atoms with van der Waals surface area (Å²) in [6.07, 6.45) is 0. The minimum absolute atomic E-state index is 0.954. The highest BCUT2D eigenvalue weighted by Crippen LogP contribution is 2.33. The Bertz CT molecular complexity index is 582. The molecule has 15 heavy (non-hydrogen) atoms. The Balaban J connectivity index is 2.87. The first-order chi connectivity index (χ1) is 7.15. The molecule has 2 heteroatoms. The van der Waals surface area contributed by atoms with E-state index in [0.717, 1.165) is 10.2 Å². The molecule has 0 radical (unpaired) electrons. The quantitative estimate of drug-likeness (QED) is 0.482. The van der Waals surface area contributed by atoms with E-state index in [9.17, 15) is 0 Å². The fourth-order valence-electron chi connectivity index (χ4n) is 1.87. The van der Waals surface area contributed by atoms with E-state index in [4.69, 9.17) is 0 Å². The third-order valence-electron chi connectivity index (χ3n) is 2.86. The lowest BCUT2D eigenvalue weighted by Gasteiger charge is -2.01. The molecule has 1 aromatic carbocycles.